The van der Waals surface area contributed by atoms with Gasteiger partial charge in [0.25, 0.3) is 0 Å². The van der Waals surface area contributed by atoms with Crippen molar-refractivity contribution in [1.29, 1.82) is 0 Å². The highest BCUT2D eigenvalue weighted by Crippen LogP contribution is 2.64. The predicted molar refractivity (Wildman–Crippen MR) is 101 cm³/mol. The van der Waals surface area contributed by atoms with Gasteiger partial charge in [-0.1, -0.05) is 31.9 Å². The molecule has 0 heterocycles. The average Bonchev–Trinajstić information content (AvgIpc) is 2.90. The Kier molecular flexibility index (Phi) is 4.39. The van der Waals surface area contributed by atoms with Crippen LogP contribution < -0.4 is 0 Å². The molecule has 7 atom stereocenters. The highest BCUT2D eigenvalue weighted by Gasteiger charge is 2.55. The predicted octanol–water partition coefficient (Wildman–Crippen LogP) is 6.12. The van der Waals surface area contributed by atoms with Gasteiger partial charge in [0.05, 0.1) is 5.60 Å². The Hall–Kier alpha value is -0.300. The lowest BCUT2D eigenvalue weighted by molar-refractivity contribution is -0.0998. The van der Waals surface area contributed by atoms with Crippen molar-refractivity contribution in [3.8, 4) is 0 Å². The maximum atomic E-state index is 11.0. The molecule has 24 heavy (non-hydrogen) atoms. The summed E-state index contributed by atoms with van der Waals surface area (Å²) in [7, 11) is 0. The van der Waals surface area contributed by atoms with Crippen LogP contribution in [-0.4, -0.2) is 10.7 Å². The topological polar surface area (TPSA) is 20.2 Å². The van der Waals surface area contributed by atoms with Gasteiger partial charge in [0.15, 0.2) is 0 Å². The molecule has 0 aromatic heterocycles. The second-order valence-corrected chi connectivity index (χ2v) is 9.96. The van der Waals surface area contributed by atoms with Crippen LogP contribution in [0.2, 0.25) is 0 Å². The van der Waals surface area contributed by atoms with Crippen LogP contribution >= 0.6 is 0 Å². The zero-order valence-corrected chi connectivity index (χ0v) is 16.2. The van der Waals surface area contributed by atoms with E-state index in [1.165, 1.54) is 44.9 Å². The first kappa shape index (κ1) is 17.1. The summed E-state index contributed by atoms with van der Waals surface area (Å²) >= 11 is 0. The van der Waals surface area contributed by atoms with Crippen molar-refractivity contribution in [2.75, 3.05) is 0 Å². The third kappa shape index (κ3) is 2.52. The number of allylic oxidation sites excluding steroid dienone is 2. The first-order valence-corrected chi connectivity index (χ1v) is 10.9. The van der Waals surface area contributed by atoms with Crippen LogP contribution in [0.1, 0.15) is 91.4 Å². The molecule has 0 spiro atoms. The minimum absolute atomic E-state index is 0.322. The lowest BCUT2D eigenvalue weighted by atomic mass is 9.49. The summed E-state index contributed by atoms with van der Waals surface area (Å²) in [6.45, 7) is 7.08. The van der Waals surface area contributed by atoms with Crippen LogP contribution in [0, 0.1) is 35.0 Å². The first-order valence-electron chi connectivity index (χ1n) is 10.9. The highest BCUT2D eigenvalue weighted by atomic mass is 16.3. The monoisotopic (exact) mass is 330 g/mol. The van der Waals surface area contributed by atoms with Gasteiger partial charge in [-0.15, -0.1) is 0 Å². The zero-order chi connectivity index (χ0) is 16.9. The highest BCUT2D eigenvalue weighted by molar-refractivity contribution is 5.23. The maximum absolute atomic E-state index is 11.0. The third-order valence-corrected chi connectivity index (χ3v) is 9.02. The largest absolute Gasteiger partial charge is 0.390 e. The number of rotatable bonds is 2. The van der Waals surface area contributed by atoms with Gasteiger partial charge in [-0.2, -0.15) is 0 Å². The zero-order valence-electron chi connectivity index (χ0n) is 16.2. The fraction of sp³-hybridized carbons (Fsp3) is 0.913. The molecule has 4 rings (SSSR count). The standard InChI is InChI=1S/C23H38O/c1-4-12-23(24)14-11-18-16(15-23)6-8-20-19(18)10-13-22(3)17(5-2)7-9-21(20)22/h5,16,18-21,24H,4,6-15H2,1-3H3/b17-5-/t16-,18-,19+,20+,21-,22+,23+/m0/s1. The Balaban J connectivity index is 1.52. The Morgan fingerprint density at radius 1 is 1.04 bits per heavy atom. The van der Waals surface area contributed by atoms with Crippen molar-refractivity contribution in [2.24, 2.45) is 35.0 Å². The van der Waals surface area contributed by atoms with E-state index in [0.29, 0.717) is 5.41 Å². The van der Waals surface area contributed by atoms with Crippen molar-refractivity contribution in [3.05, 3.63) is 11.6 Å². The van der Waals surface area contributed by atoms with E-state index in [2.05, 4.69) is 26.8 Å². The first-order chi connectivity index (χ1) is 11.5. The number of hydrogen-bond donors (Lipinski definition) is 1. The normalized spacial score (nSPS) is 52.7. The van der Waals surface area contributed by atoms with E-state index in [1.807, 2.05) is 0 Å². The number of fused-ring (bicyclic) bond motifs is 5. The van der Waals surface area contributed by atoms with Crippen LogP contribution in [0.15, 0.2) is 11.6 Å². The molecule has 4 saturated carbocycles. The lowest BCUT2D eigenvalue weighted by Crippen LogP contribution is -2.50. The minimum atomic E-state index is -0.322. The second kappa shape index (κ2) is 6.15. The van der Waals surface area contributed by atoms with Crippen molar-refractivity contribution in [3.63, 3.8) is 0 Å². The molecule has 1 nitrogen and oxygen atoms in total. The smallest absolute Gasteiger partial charge is 0.0650 e. The quantitative estimate of drug-likeness (QED) is 0.605. The van der Waals surface area contributed by atoms with E-state index in [9.17, 15) is 5.11 Å². The summed E-state index contributed by atoms with van der Waals surface area (Å²) in [4.78, 5) is 0. The second-order valence-electron chi connectivity index (χ2n) is 9.96. The van der Waals surface area contributed by atoms with E-state index in [1.54, 1.807) is 5.57 Å². The van der Waals surface area contributed by atoms with Crippen molar-refractivity contribution in [2.45, 2.75) is 97.0 Å². The molecule has 0 aromatic rings. The molecule has 0 unspecified atom stereocenters. The Bertz CT molecular complexity index is 508. The Morgan fingerprint density at radius 2 is 1.83 bits per heavy atom. The van der Waals surface area contributed by atoms with Crippen LogP contribution in [0.25, 0.3) is 0 Å². The van der Waals surface area contributed by atoms with E-state index < -0.39 is 0 Å². The van der Waals surface area contributed by atoms with E-state index >= 15 is 0 Å². The maximum Gasteiger partial charge on any atom is 0.0650 e. The summed E-state index contributed by atoms with van der Waals surface area (Å²) in [6, 6.07) is 0. The molecule has 4 aliphatic carbocycles. The summed E-state index contributed by atoms with van der Waals surface area (Å²) in [5.41, 5.74) is 1.98. The molecule has 0 aromatic carbocycles. The lowest BCUT2D eigenvalue weighted by Gasteiger charge is -2.56. The van der Waals surface area contributed by atoms with Gasteiger partial charge >= 0.3 is 0 Å². The van der Waals surface area contributed by atoms with E-state index in [4.69, 9.17) is 0 Å². The molecule has 0 amide bonds. The molecule has 1 heteroatoms. The van der Waals surface area contributed by atoms with E-state index in [-0.39, 0.29) is 5.60 Å². The van der Waals surface area contributed by atoms with Gasteiger partial charge in [-0.25, -0.2) is 0 Å². The SMILES string of the molecule is C/C=C1/CC[C@H]2[C@@H]3CC[C@H]4C[C@@](O)(CCC)CC[C@@H]4[C@H]3CC[C@]12C. The van der Waals surface area contributed by atoms with Gasteiger partial charge in [-0.05, 0) is 106 Å². The van der Waals surface area contributed by atoms with Crippen LogP contribution in [0.3, 0.4) is 0 Å². The fourth-order valence-electron chi connectivity index (χ4n) is 7.98. The van der Waals surface area contributed by atoms with Gasteiger partial charge in [-0.3, -0.25) is 0 Å². The molecule has 0 radical (unpaired) electrons. The third-order valence-electron chi connectivity index (χ3n) is 9.02. The van der Waals surface area contributed by atoms with Crippen LogP contribution in [0.5, 0.6) is 0 Å². The summed E-state index contributed by atoms with van der Waals surface area (Å²) in [6.07, 6.45) is 16.6. The molecule has 0 bridgehead atoms. The Labute approximate surface area is 149 Å². The summed E-state index contributed by atoms with van der Waals surface area (Å²) in [5, 5.41) is 11.0. The summed E-state index contributed by atoms with van der Waals surface area (Å²) < 4.78 is 0. The van der Waals surface area contributed by atoms with Gasteiger partial charge < -0.3 is 5.11 Å². The van der Waals surface area contributed by atoms with Gasteiger partial charge in [0.2, 0.25) is 0 Å². The van der Waals surface area contributed by atoms with E-state index in [0.717, 1.165) is 55.3 Å². The van der Waals surface area contributed by atoms with Gasteiger partial charge in [0.1, 0.15) is 0 Å². The molecule has 1 N–H and O–H groups in total. The van der Waals surface area contributed by atoms with Gasteiger partial charge in [0, 0.05) is 0 Å². The molecule has 0 saturated heterocycles. The fourth-order valence-corrected chi connectivity index (χ4v) is 7.98. The minimum Gasteiger partial charge on any atom is -0.390 e. The average molecular weight is 331 g/mol. The van der Waals surface area contributed by atoms with Crippen molar-refractivity contribution >= 4 is 0 Å². The molecular formula is C23H38O. The molecule has 0 aliphatic heterocycles. The van der Waals surface area contributed by atoms with Crippen LogP contribution in [-0.2, 0) is 0 Å². The van der Waals surface area contributed by atoms with Crippen molar-refractivity contribution in [1.82, 2.24) is 0 Å². The Morgan fingerprint density at radius 3 is 2.58 bits per heavy atom. The molecule has 136 valence electrons. The molecule has 4 aliphatic rings. The van der Waals surface area contributed by atoms with Crippen molar-refractivity contribution < 1.29 is 5.11 Å². The summed E-state index contributed by atoms with van der Waals surface area (Å²) in [5.74, 6) is 4.67. The molecular weight excluding hydrogens is 292 g/mol. The number of aliphatic hydroxyl groups is 1. The number of hydrogen-bond acceptors (Lipinski definition) is 1. The van der Waals surface area contributed by atoms with Crippen LogP contribution in [0.4, 0.5) is 0 Å². The molecule has 4 fully saturated rings.